The molecule has 0 unspecified atom stereocenters. The van der Waals surface area contributed by atoms with E-state index in [1.807, 2.05) is 39.6 Å². The number of amides is 1. The van der Waals surface area contributed by atoms with Crippen molar-refractivity contribution >= 4 is 23.4 Å². The van der Waals surface area contributed by atoms with Crippen molar-refractivity contribution < 1.29 is 4.79 Å². The molecule has 106 valence electrons. The van der Waals surface area contributed by atoms with Crippen molar-refractivity contribution in [3.05, 3.63) is 11.4 Å². The quantitative estimate of drug-likeness (QED) is 0.911. The molecule has 0 saturated carbocycles. The van der Waals surface area contributed by atoms with Crippen LogP contribution in [0.15, 0.2) is 0 Å². The highest BCUT2D eigenvalue weighted by Gasteiger charge is 2.24. The van der Waals surface area contributed by atoms with Crippen molar-refractivity contribution in [2.75, 3.05) is 29.9 Å². The van der Waals surface area contributed by atoms with Crippen LogP contribution in [0.3, 0.4) is 0 Å². The van der Waals surface area contributed by atoms with Gasteiger partial charge in [0.25, 0.3) is 0 Å². The van der Waals surface area contributed by atoms with Crippen LogP contribution in [-0.2, 0) is 11.8 Å². The number of thioether (sulfide) groups is 1. The summed E-state index contributed by atoms with van der Waals surface area (Å²) in [4.78, 5) is 14.6. The first kappa shape index (κ1) is 14.4. The zero-order chi connectivity index (χ0) is 14.0. The third-order valence-electron chi connectivity index (χ3n) is 3.73. The standard InChI is InChI=1S/C13H22N4OS/c1-9-12(10(2)16(4)15-9)14-13(18)11(3)17-5-7-19-8-6-17/h11H,5-8H2,1-4H3,(H,14,18)/t11-/m0/s1. The highest BCUT2D eigenvalue weighted by atomic mass is 32.2. The number of carbonyl (C=O) groups excluding carboxylic acids is 1. The molecule has 1 aromatic heterocycles. The van der Waals surface area contributed by atoms with Crippen LogP contribution in [0.2, 0.25) is 0 Å². The lowest BCUT2D eigenvalue weighted by Gasteiger charge is -2.31. The van der Waals surface area contributed by atoms with Gasteiger partial charge in [0.1, 0.15) is 0 Å². The summed E-state index contributed by atoms with van der Waals surface area (Å²) in [7, 11) is 1.89. The van der Waals surface area contributed by atoms with Gasteiger partial charge >= 0.3 is 0 Å². The molecule has 1 aliphatic rings. The van der Waals surface area contributed by atoms with Crippen molar-refractivity contribution in [3.8, 4) is 0 Å². The molecule has 1 aliphatic heterocycles. The second-order valence-corrected chi connectivity index (χ2v) is 6.21. The van der Waals surface area contributed by atoms with Crippen LogP contribution in [0, 0.1) is 13.8 Å². The average molecular weight is 282 g/mol. The Labute approximate surface area is 118 Å². The molecule has 5 nitrogen and oxygen atoms in total. The van der Waals surface area contributed by atoms with Crippen molar-refractivity contribution in [2.24, 2.45) is 7.05 Å². The lowest BCUT2D eigenvalue weighted by molar-refractivity contribution is -0.120. The molecular formula is C13H22N4OS. The summed E-state index contributed by atoms with van der Waals surface area (Å²) in [5, 5.41) is 7.35. The summed E-state index contributed by atoms with van der Waals surface area (Å²) in [6.45, 7) is 7.85. The van der Waals surface area contributed by atoms with E-state index in [4.69, 9.17) is 0 Å². The molecule has 1 atom stereocenters. The summed E-state index contributed by atoms with van der Waals surface area (Å²) in [5.74, 6) is 2.29. The predicted octanol–water partition coefficient (Wildman–Crippen LogP) is 1.41. The topological polar surface area (TPSA) is 50.2 Å². The number of rotatable bonds is 3. The fourth-order valence-corrected chi connectivity index (χ4v) is 3.24. The van der Waals surface area contributed by atoms with Gasteiger partial charge in [-0.15, -0.1) is 0 Å². The van der Waals surface area contributed by atoms with Gasteiger partial charge in [-0.3, -0.25) is 14.4 Å². The van der Waals surface area contributed by atoms with Gasteiger partial charge in [-0.1, -0.05) is 0 Å². The number of hydrogen-bond donors (Lipinski definition) is 1. The minimum absolute atomic E-state index is 0.0612. The molecular weight excluding hydrogens is 260 g/mol. The number of carbonyl (C=O) groups is 1. The first-order valence-corrected chi connectivity index (χ1v) is 7.79. The molecule has 0 aromatic carbocycles. The minimum Gasteiger partial charge on any atom is -0.322 e. The summed E-state index contributed by atoms with van der Waals surface area (Å²) < 4.78 is 1.80. The Kier molecular flexibility index (Phi) is 4.52. The fourth-order valence-electron chi connectivity index (χ4n) is 2.31. The normalized spacial score (nSPS) is 18.3. The third kappa shape index (κ3) is 3.12. The van der Waals surface area contributed by atoms with Crippen molar-refractivity contribution in [1.29, 1.82) is 0 Å². The van der Waals surface area contributed by atoms with E-state index in [-0.39, 0.29) is 11.9 Å². The lowest BCUT2D eigenvalue weighted by atomic mass is 10.2. The molecule has 19 heavy (non-hydrogen) atoms. The monoisotopic (exact) mass is 282 g/mol. The summed E-state index contributed by atoms with van der Waals surface area (Å²) >= 11 is 1.95. The number of aryl methyl sites for hydroxylation is 2. The van der Waals surface area contributed by atoms with Gasteiger partial charge in [-0.2, -0.15) is 16.9 Å². The molecule has 1 fully saturated rings. The second-order valence-electron chi connectivity index (χ2n) is 4.98. The van der Waals surface area contributed by atoms with E-state index < -0.39 is 0 Å². The molecule has 2 rings (SSSR count). The molecule has 1 aromatic rings. The van der Waals surface area contributed by atoms with Gasteiger partial charge in [0.15, 0.2) is 0 Å². The van der Waals surface area contributed by atoms with E-state index in [0.717, 1.165) is 41.7 Å². The Morgan fingerprint density at radius 3 is 2.53 bits per heavy atom. The Hall–Kier alpha value is -1.01. The van der Waals surface area contributed by atoms with E-state index >= 15 is 0 Å². The molecule has 1 N–H and O–H groups in total. The van der Waals surface area contributed by atoms with E-state index in [0.29, 0.717) is 0 Å². The van der Waals surface area contributed by atoms with E-state index in [1.165, 1.54) is 0 Å². The number of nitrogens with zero attached hydrogens (tertiary/aromatic N) is 3. The van der Waals surface area contributed by atoms with Crippen molar-refractivity contribution in [1.82, 2.24) is 14.7 Å². The zero-order valence-corrected chi connectivity index (χ0v) is 12.9. The number of anilines is 1. The molecule has 6 heteroatoms. The van der Waals surface area contributed by atoms with E-state index in [2.05, 4.69) is 15.3 Å². The molecule has 0 aliphatic carbocycles. The smallest absolute Gasteiger partial charge is 0.241 e. The molecule has 1 saturated heterocycles. The first-order valence-electron chi connectivity index (χ1n) is 6.63. The van der Waals surface area contributed by atoms with Crippen LogP contribution in [0.4, 0.5) is 5.69 Å². The van der Waals surface area contributed by atoms with Crippen LogP contribution in [0.1, 0.15) is 18.3 Å². The van der Waals surface area contributed by atoms with Gasteiger partial charge in [0.2, 0.25) is 5.91 Å². The molecule has 2 heterocycles. The van der Waals surface area contributed by atoms with Crippen LogP contribution in [0.5, 0.6) is 0 Å². The van der Waals surface area contributed by atoms with Crippen LogP contribution < -0.4 is 5.32 Å². The van der Waals surface area contributed by atoms with Gasteiger partial charge < -0.3 is 5.32 Å². The SMILES string of the molecule is Cc1nn(C)c(C)c1NC(=O)[C@H](C)N1CCSCC1. The van der Waals surface area contributed by atoms with Crippen LogP contribution >= 0.6 is 11.8 Å². The Morgan fingerprint density at radius 1 is 1.37 bits per heavy atom. The first-order chi connectivity index (χ1) is 9.00. The van der Waals surface area contributed by atoms with E-state index in [1.54, 1.807) is 4.68 Å². The Balaban J connectivity index is 2.03. The van der Waals surface area contributed by atoms with Gasteiger partial charge in [0.05, 0.1) is 23.1 Å². The van der Waals surface area contributed by atoms with Gasteiger partial charge in [0, 0.05) is 31.6 Å². The number of aromatic nitrogens is 2. The summed E-state index contributed by atoms with van der Waals surface area (Å²) in [6, 6.07) is -0.0834. The lowest BCUT2D eigenvalue weighted by Crippen LogP contribution is -2.46. The van der Waals surface area contributed by atoms with Gasteiger partial charge in [-0.25, -0.2) is 0 Å². The van der Waals surface area contributed by atoms with Gasteiger partial charge in [-0.05, 0) is 20.8 Å². The number of hydrogen-bond acceptors (Lipinski definition) is 4. The van der Waals surface area contributed by atoms with Crippen LogP contribution in [0.25, 0.3) is 0 Å². The maximum absolute atomic E-state index is 12.3. The zero-order valence-electron chi connectivity index (χ0n) is 12.1. The Morgan fingerprint density at radius 2 is 2.00 bits per heavy atom. The van der Waals surface area contributed by atoms with E-state index in [9.17, 15) is 4.79 Å². The van der Waals surface area contributed by atoms with Crippen molar-refractivity contribution in [2.45, 2.75) is 26.8 Å². The highest BCUT2D eigenvalue weighted by Crippen LogP contribution is 2.19. The van der Waals surface area contributed by atoms with Crippen molar-refractivity contribution in [3.63, 3.8) is 0 Å². The second kappa shape index (κ2) is 5.96. The maximum atomic E-state index is 12.3. The number of nitrogens with one attached hydrogen (secondary N) is 1. The summed E-state index contributed by atoms with van der Waals surface area (Å²) in [5.41, 5.74) is 2.72. The molecule has 0 bridgehead atoms. The third-order valence-corrected chi connectivity index (χ3v) is 4.67. The average Bonchev–Trinajstić information content (AvgIpc) is 2.65. The fraction of sp³-hybridized carbons (Fsp3) is 0.692. The highest BCUT2D eigenvalue weighted by molar-refractivity contribution is 7.99. The minimum atomic E-state index is -0.0834. The van der Waals surface area contributed by atoms with Crippen LogP contribution in [-0.4, -0.2) is 51.2 Å². The molecule has 1 amide bonds. The maximum Gasteiger partial charge on any atom is 0.241 e. The summed E-state index contributed by atoms with van der Waals surface area (Å²) in [6.07, 6.45) is 0. The largest absolute Gasteiger partial charge is 0.322 e. The predicted molar refractivity (Wildman–Crippen MR) is 79.7 cm³/mol. The molecule has 0 spiro atoms. The Bertz CT molecular complexity index is 465. The molecule has 0 radical (unpaired) electrons.